The van der Waals surface area contributed by atoms with Crippen molar-refractivity contribution >= 4 is 11.8 Å². The predicted molar refractivity (Wildman–Crippen MR) is 113 cm³/mol. The fourth-order valence-electron chi connectivity index (χ4n) is 2.80. The van der Waals surface area contributed by atoms with Crippen LogP contribution in [0.2, 0.25) is 0 Å². The summed E-state index contributed by atoms with van der Waals surface area (Å²) < 4.78 is 12.1. The number of benzene rings is 2. The molecule has 2 aromatic carbocycles. The van der Waals surface area contributed by atoms with Gasteiger partial charge in [-0.05, 0) is 34.7 Å². The second-order valence-electron chi connectivity index (χ2n) is 7.48. The fourth-order valence-corrected chi connectivity index (χ4v) is 3.61. The Morgan fingerprint density at radius 2 is 1.64 bits per heavy atom. The Balaban J connectivity index is 1.75. The molecule has 0 saturated carbocycles. The first-order valence-electron chi connectivity index (χ1n) is 8.98. The van der Waals surface area contributed by atoms with E-state index in [1.54, 1.807) is 26.0 Å². The van der Waals surface area contributed by atoms with E-state index in [-0.39, 0.29) is 5.41 Å². The van der Waals surface area contributed by atoms with Crippen molar-refractivity contribution in [2.75, 3.05) is 20.1 Å². The SMILES string of the molecule is COc1ccc(-c2nnc(SCc3ccc(C(C)(C)C)cc3)n2N)cc1OC. The van der Waals surface area contributed by atoms with Crippen LogP contribution in [0.1, 0.15) is 31.9 Å². The van der Waals surface area contributed by atoms with Gasteiger partial charge >= 0.3 is 0 Å². The maximum absolute atomic E-state index is 6.24. The summed E-state index contributed by atoms with van der Waals surface area (Å²) in [5.74, 6) is 8.86. The lowest BCUT2D eigenvalue weighted by molar-refractivity contribution is 0.355. The molecule has 0 unspecified atom stereocenters. The molecule has 1 heterocycles. The zero-order valence-corrected chi connectivity index (χ0v) is 17.7. The number of nitrogen functional groups attached to an aromatic ring is 1. The smallest absolute Gasteiger partial charge is 0.210 e. The van der Waals surface area contributed by atoms with Gasteiger partial charge in [-0.15, -0.1) is 10.2 Å². The van der Waals surface area contributed by atoms with Crippen molar-refractivity contribution in [2.45, 2.75) is 37.1 Å². The number of ether oxygens (including phenoxy) is 2. The number of nitrogens with zero attached hydrogens (tertiary/aromatic N) is 3. The second-order valence-corrected chi connectivity index (χ2v) is 8.42. The third kappa shape index (κ3) is 4.25. The molecule has 0 fully saturated rings. The van der Waals surface area contributed by atoms with E-state index in [1.165, 1.54) is 15.8 Å². The van der Waals surface area contributed by atoms with Gasteiger partial charge < -0.3 is 15.3 Å². The Bertz CT molecular complexity index is 946. The van der Waals surface area contributed by atoms with Crippen LogP contribution in [0.5, 0.6) is 11.5 Å². The van der Waals surface area contributed by atoms with Crippen molar-refractivity contribution in [3.63, 3.8) is 0 Å². The van der Waals surface area contributed by atoms with Crippen LogP contribution in [0.25, 0.3) is 11.4 Å². The highest BCUT2D eigenvalue weighted by Crippen LogP contribution is 2.32. The summed E-state index contributed by atoms with van der Waals surface area (Å²) in [6.07, 6.45) is 0. The van der Waals surface area contributed by atoms with Gasteiger partial charge in [-0.2, -0.15) is 0 Å². The van der Waals surface area contributed by atoms with E-state index < -0.39 is 0 Å². The van der Waals surface area contributed by atoms with Gasteiger partial charge in [-0.3, -0.25) is 0 Å². The van der Waals surface area contributed by atoms with Gasteiger partial charge in [0.05, 0.1) is 14.2 Å². The molecule has 0 spiro atoms. The van der Waals surface area contributed by atoms with Gasteiger partial charge in [0.15, 0.2) is 17.3 Å². The topological polar surface area (TPSA) is 75.2 Å². The molecule has 0 amide bonds. The Morgan fingerprint density at radius 3 is 2.25 bits per heavy atom. The van der Waals surface area contributed by atoms with E-state index in [0.29, 0.717) is 22.5 Å². The predicted octanol–water partition coefficient (Wildman–Crippen LogP) is 4.27. The first kappa shape index (κ1) is 20.1. The van der Waals surface area contributed by atoms with Crippen molar-refractivity contribution in [2.24, 2.45) is 0 Å². The first-order chi connectivity index (χ1) is 13.3. The van der Waals surface area contributed by atoms with Gasteiger partial charge in [0.1, 0.15) is 0 Å². The standard InChI is InChI=1S/C21H26N4O2S/c1-21(2,3)16-9-6-14(7-10-16)13-28-20-24-23-19(25(20)22)15-8-11-17(26-4)18(12-15)27-5/h6-12H,13,22H2,1-5H3. The number of thioether (sulfide) groups is 1. The summed E-state index contributed by atoms with van der Waals surface area (Å²) in [6.45, 7) is 6.63. The second kappa shape index (κ2) is 8.14. The monoisotopic (exact) mass is 398 g/mol. The molecule has 28 heavy (non-hydrogen) atoms. The minimum atomic E-state index is 0.150. The Morgan fingerprint density at radius 1 is 0.964 bits per heavy atom. The van der Waals surface area contributed by atoms with Gasteiger partial charge in [-0.25, -0.2) is 4.68 Å². The fraction of sp³-hybridized carbons (Fsp3) is 0.333. The van der Waals surface area contributed by atoms with Gasteiger partial charge in [0.2, 0.25) is 5.16 Å². The third-order valence-electron chi connectivity index (χ3n) is 4.49. The van der Waals surface area contributed by atoms with E-state index >= 15 is 0 Å². The minimum Gasteiger partial charge on any atom is -0.493 e. The Labute approximate surface area is 170 Å². The van der Waals surface area contributed by atoms with Crippen LogP contribution in [0.3, 0.4) is 0 Å². The maximum atomic E-state index is 6.24. The zero-order valence-electron chi connectivity index (χ0n) is 16.9. The molecule has 0 aliphatic heterocycles. The third-order valence-corrected chi connectivity index (χ3v) is 5.51. The maximum Gasteiger partial charge on any atom is 0.210 e. The summed E-state index contributed by atoms with van der Waals surface area (Å²) in [5.41, 5.74) is 3.50. The van der Waals surface area contributed by atoms with Crippen LogP contribution in [0.15, 0.2) is 47.6 Å². The number of methoxy groups -OCH3 is 2. The lowest BCUT2D eigenvalue weighted by Gasteiger charge is -2.19. The molecule has 2 N–H and O–H groups in total. The van der Waals surface area contributed by atoms with Crippen molar-refractivity contribution in [1.29, 1.82) is 0 Å². The molecule has 7 heteroatoms. The highest BCUT2D eigenvalue weighted by Gasteiger charge is 2.16. The molecule has 0 saturated heterocycles. The highest BCUT2D eigenvalue weighted by molar-refractivity contribution is 7.98. The quantitative estimate of drug-likeness (QED) is 0.494. The normalized spacial score (nSPS) is 11.5. The number of nitrogens with two attached hydrogens (primary N) is 1. The van der Waals surface area contributed by atoms with Crippen molar-refractivity contribution in [3.8, 4) is 22.9 Å². The number of rotatable bonds is 6. The van der Waals surface area contributed by atoms with Crippen molar-refractivity contribution < 1.29 is 9.47 Å². The molecule has 0 radical (unpaired) electrons. The van der Waals surface area contributed by atoms with Crippen LogP contribution in [0.4, 0.5) is 0 Å². The summed E-state index contributed by atoms with van der Waals surface area (Å²) >= 11 is 1.56. The first-order valence-corrected chi connectivity index (χ1v) is 9.97. The van der Waals surface area contributed by atoms with E-state index in [2.05, 4.69) is 55.2 Å². The molecule has 0 aliphatic carbocycles. The summed E-state index contributed by atoms with van der Waals surface area (Å²) in [5, 5.41) is 9.14. The van der Waals surface area contributed by atoms with Gasteiger partial charge in [0, 0.05) is 11.3 Å². The van der Waals surface area contributed by atoms with Crippen molar-refractivity contribution in [1.82, 2.24) is 14.9 Å². The number of hydrogen-bond donors (Lipinski definition) is 1. The number of hydrogen-bond acceptors (Lipinski definition) is 6. The molecule has 1 aromatic heterocycles. The largest absolute Gasteiger partial charge is 0.493 e. The molecule has 3 aromatic rings. The van der Waals surface area contributed by atoms with Crippen LogP contribution in [-0.4, -0.2) is 29.1 Å². The van der Waals surface area contributed by atoms with E-state index in [0.717, 1.165) is 11.3 Å². The summed E-state index contributed by atoms with van der Waals surface area (Å²) in [7, 11) is 3.20. The summed E-state index contributed by atoms with van der Waals surface area (Å²) in [4.78, 5) is 0. The van der Waals surface area contributed by atoms with Gasteiger partial charge in [-0.1, -0.05) is 56.8 Å². The van der Waals surface area contributed by atoms with Crippen LogP contribution >= 0.6 is 11.8 Å². The zero-order chi connectivity index (χ0) is 20.3. The number of aromatic nitrogens is 3. The Kier molecular flexibility index (Phi) is 5.84. The van der Waals surface area contributed by atoms with Crippen LogP contribution < -0.4 is 15.3 Å². The lowest BCUT2D eigenvalue weighted by Crippen LogP contribution is -2.12. The molecule has 6 nitrogen and oxygen atoms in total. The minimum absolute atomic E-state index is 0.150. The molecular formula is C21H26N4O2S. The summed E-state index contributed by atoms with van der Waals surface area (Å²) in [6, 6.07) is 14.2. The van der Waals surface area contributed by atoms with E-state index in [4.69, 9.17) is 15.3 Å². The average molecular weight is 399 g/mol. The molecule has 148 valence electrons. The van der Waals surface area contributed by atoms with Crippen molar-refractivity contribution in [3.05, 3.63) is 53.6 Å². The average Bonchev–Trinajstić information content (AvgIpc) is 3.06. The van der Waals surface area contributed by atoms with Gasteiger partial charge in [0.25, 0.3) is 0 Å². The van der Waals surface area contributed by atoms with E-state index in [1.807, 2.05) is 18.2 Å². The van der Waals surface area contributed by atoms with E-state index in [9.17, 15) is 0 Å². The van der Waals surface area contributed by atoms with Crippen LogP contribution in [-0.2, 0) is 11.2 Å². The highest BCUT2D eigenvalue weighted by atomic mass is 32.2. The van der Waals surface area contributed by atoms with Crippen LogP contribution in [0, 0.1) is 0 Å². The Hall–Kier alpha value is -2.67. The molecular weight excluding hydrogens is 372 g/mol. The molecule has 0 aliphatic rings. The molecule has 0 bridgehead atoms. The molecule has 3 rings (SSSR count). The lowest BCUT2D eigenvalue weighted by atomic mass is 9.87. The molecule has 0 atom stereocenters.